The van der Waals surface area contributed by atoms with Crippen molar-refractivity contribution >= 4 is 29.1 Å². The molecule has 140 valence electrons. The van der Waals surface area contributed by atoms with E-state index in [1.54, 1.807) is 12.1 Å². The lowest BCUT2D eigenvalue weighted by Gasteiger charge is -2.43. The van der Waals surface area contributed by atoms with Crippen LogP contribution >= 0.6 is 11.6 Å². The van der Waals surface area contributed by atoms with Crippen LogP contribution in [-0.4, -0.2) is 18.4 Å². The van der Waals surface area contributed by atoms with Gasteiger partial charge in [-0.3, -0.25) is 9.59 Å². The van der Waals surface area contributed by atoms with Crippen molar-refractivity contribution in [1.29, 1.82) is 0 Å². The maximum atomic E-state index is 12.8. The maximum absolute atomic E-state index is 12.8. The van der Waals surface area contributed by atoms with Crippen molar-refractivity contribution in [3.63, 3.8) is 0 Å². The number of anilines is 1. The zero-order chi connectivity index (χ0) is 18.9. The molecule has 0 unspecified atom stereocenters. The number of benzene rings is 2. The van der Waals surface area contributed by atoms with Crippen LogP contribution in [0.2, 0.25) is 5.02 Å². The molecule has 2 aliphatic rings. The molecule has 0 spiro atoms. The highest BCUT2D eigenvalue weighted by Gasteiger charge is 2.40. The van der Waals surface area contributed by atoms with E-state index in [4.69, 9.17) is 11.6 Å². The fourth-order valence-corrected chi connectivity index (χ4v) is 4.07. The van der Waals surface area contributed by atoms with Gasteiger partial charge in [-0.05, 0) is 74.1 Å². The number of carbonyl (C=O) groups is 2. The lowest BCUT2D eigenvalue weighted by atomic mass is 9.71. The molecule has 27 heavy (non-hydrogen) atoms. The average Bonchev–Trinajstić information content (AvgIpc) is 2.66. The number of hydrogen-bond donors (Lipinski definition) is 1. The summed E-state index contributed by atoms with van der Waals surface area (Å²) in [5, 5.41) is 3.92. The molecule has 4 nitrogen and oxygen atoms in total. The average molecular weight is 383 g/mol. The Kier molecular flexibility index (Phi) is 4.92. The van der Waals surface area contributed by atoms with E-state index < -0.39 is 0 Å². The second-order valence-corrected chi connectivity index (χ2v) is 7.88. The molecule has 1 aliphatic heterocycles. The first-order valence-electron chi connectivity index (χ1n) is 9.56. The molecule has 2 aromatic carbocycles. The minimum absolute atomic E-state index is 0.0822. The molecular formula is C22H23ClN2O2. The first-order valence-corrected chi connectivity index (χ1v) is 9.94. The summed E-state index contributed by atoms with van der Waals surface area (Å²) in [6, 6.07) is 15.1. The van der Waals surface area contributed by atoms with E-state index in [2.05, 4.69) is 5.32 Å². The number of amides is 2. The zero-order valence-corrected chi connectivity index (χ0v) is 16.0. The van der Waals surface area contributed by atoms with Gasteiger partial charge in [-0.15, -0.1) is 0 Å². The van der Waals surface area contributed by atoms with Crippen molar-refractivity contribution in [1.82, 2.24) is 5.32 Å². The van der Waals surface area contributed by atoms with Crippen molar-refractivity contribution in [2.24, 2.45) is 0 Å². The molecule has 0 bridgehead atoms. The molecule has 1 saturated carbocycles. The molecule has 1 aliphatic carbocycles. The molecule has 1 saturated heterocycles. The Morgan fingerprint density at radius 2 is 1.67 bits per heavy atom. The normalized spacial score (nSPS) is 18.7. The summed E-state index contributed by atoms with van der Waals surface area (Å²) in [4.78, 5) is 26.7. The SMILES string of the molecule is O=C(NC1(c2ccc(Cl)cc2)CCC1)c1ccc(N2CCCCC2=O)cc1. The third-order valence-electron chi connectivity index (χ3n) is 5.72. The van der Waals surface area contributed by atoms with E-state index in [9.17, 15) is 9.59 Å². The van der Waals surface area contributed by atoms with Crippen LogP contribution in [0.15, 0.2) is 48.5 Å². The van der Waals surface area contributed by atoms with Gasteiger partial charge in [0.25, 0.3) is 5.91 Å². The van der Waals surface area contributed by atoms with Crippen LogP contribution in [0.25, 0.3) is 0 Å². The van der Waals surface area contributed by atoms with Crippen LogP contribution in [0.4, 0.5) is 5.69 Å². The third kappa shape index (κ3) is 3.59. The van der Waals surface area contributed by atoms with Crippen LogP contribution in [0.5, 0.6) is 0 Å². The van der Waals surface area contributed by atoms with E-state index in [0.717, 1.165) is 49.9 Å². The Bertz CT molecular complexity index is 842. The number of hydrogen-bond acceptors (Lipinski definition) is 2. The highest BCUT2D eigenvalue weighted by molar-refractivity contribution is 6.30. The maximum Gasteiger partial charge on any atom is 0.251 e. The highest BCUT2D eigenvalue weighted by atomic mass is 35.5. The Hall–Kier alpha value is -2.33. The number of carbonyl (C=O) groups excluding carboxylic acids is 2. The smallest absolute Gasteiger partial charge is 0.251 e. The van der Waals surface area contributed by atoms with Crippen molar-refractivity contribution < 1.29 is 9.59 Å². The van der Waals surface area contributed by atoms with Gasteiger partial charge in [0.05, 0.1) is 5.54 Å². The summed E-state index contributed by atoms with van der Waals surface area (Å²) in [6.45, 7) is 0.754. The largest absolute Gasteiger partial charge is 0.343 e. The highest BCUT2D eigenvalue weighted by Crippen LogP contribution is 2.41. The molecule has 1 heterocycles. The summed E-state index contributed by atoms with van der Waals surface area (Å²) in [7, 11) is 0. The summed E-state index contributed by atoms with van der Waals surface area (Å²) in [6.07, 6.45) is 5.55. The molecule has 4 rings (SSSR count). The van der Waals surface area contributed by atoms with Gasteiger partial charge in [-0.1, -0.05) is 23.7 Å². The van der Waals surface area contributed by atoms with Crippen LogP contribution in [0, 0.1) is 0 Å². The van der Waals surface area contributed by atoms with Gasteiger partial charge in [0.2, 0.25) is 5.91 Å². The van der Waals surface area contributed by atoms with E-state index in [0.29, 0.717) is 17.0 Å². The second kappa shape index (κ2) is 7.35. The molecule has 0 radical (unpaired) electrons. The first-order chi connectivity index (χ1) is 13.1. The minimum Gasteiger partial charge on any atom is -0.343 e. The van der Waals surface area contributed by atoms with Crippen LogP contribution in [-0.2, 0) is 10.3 Å². The Morgan fingerprint density at radius 3 is 2.26 bits per heavy atom. The summed E-state index contributed by atoms with van der Waals surface area (Å²) in [5.41, 5.74) is 2.28. The lowest BCUT2D eigenvalue weighted by Crippen LogP contribution is -2.50. The topological polar surface area (TPSA) is 49.4 Å². The molecule has 0 atom stereocenters. The summed E-state index contributed by atoms with van der Waals surface area (Å²) >= 11 is 6.00. The van der Waals surface area contributed by atoms with Crippen LogP contribution in [0.1, 0.15) is 54.4 Å². The van der Waals surface area contributed by atoms with E-state index >= 15 is 0 Å². The van der Waals surface area contributed by atoms with E-state index in [-0.39, 0.29) is 17.4 Å². The van der Waals surface area contributed by atoms with Gasteiger partial charge in [0.1, 0.15) is 0 Å². The van der Waals surface area contributed by atoms with Gasteiger partial charge < -0.3 is 10.2 Å². The number of halogens is 1. The van der Waals surface area contributed by atoms with Crippen molar-refractivity contribution in [2.75, 3.05) is 11.4 Å². The number of piperidine rings is 1. The predicted octanol–water partition coefficient (Wildman–Crippen LogP) is 4.67. The Balaban J connectivity index is 1.49. The van der Waals surface area contributed by atoms with Gasteiger partial charge in [-0.2, -0.15) is 0 Å². The second-order valence-electron chi connectivity index (χ2n) is 7.45. The van der Waals surface area contributed by atoms with Gasteiger partial charge in [0, 0.05) is 29.2 Å². The number of nitrogens with one attached hydrogen (secondary N) is 1. The molecule has 0 aromatic heterocycles. The quantitative estimate of drug-likeness (QED) is 0.835. The van der Waals surface area contributed by atoms with Crippen molar-refractivity contribution in [3.05, 3.63) is 64.7 Å². The monoisotopic (exact) mass is 382 g/mol. The molecule has 2 aromatic rings. The number of nitrogens with zero attached hydrogens (tertiary/aromatic N) is 1. The van der Waals surface area contributed by atoms with Gasteiger partial charge in [-0.25, -0.2) is 0 Å². The molecule has 5 heteroatoms. The minimum atomic E-state index is -0.302. The van der Waals surface area contributed by atoms with Crippen molar-refractivity contribution in [2.45, 2.75) is 44.1 Å². The predicted molar refractivity (Wildman–Crippen MR) is 107 cm³/mol. The fourth-order valence-electron chi connectivity index (χ4n) is 3.95. The standard InChI is InChI=1S/C22H23ClN2O2/c23-18-9-7-17(8-10-18)22(13-3-14-22)24-21(27)16-5-11-19(12-6-16)25-15-2-1-4-20(25)26/h5-12H,1-4,13-15H2,(H,24,27). The summed E-state index contributed by atoms with van der Waals surface area (Å²) in [5.74, 6) is 0.0794. The third-order valence-corrected chi connectivity index (χ3v) is 5.97. The van der Waals surface area contributed by atoms with Crippen LogP contribution in [0.3, 0.4) is 0 Å². The van der Waals surface area contributed by atoms with Crippen LogP contribution < -0.4 is 10.2 Å². The van der Waals surface area contributed by atoms with Gasteiger partial charge in [0.15, 0.2) is 0 Å². The van der Waals surface area contributed by atoms with E-state index in [1.807, 2.05) is 41.3 Å². The Labute approximate surface area is 164 Å². The summed E-state index contributed by atoms with van der Waals surface area (Å²) < 4.78 is 0. The Morgan fingerprint density at radius 1 is 0.963 bits per heavy atom. The molecule has 2 amide bonds. The number of rotatable bonds is 4. The molecule has 2 fully saturated rings. The molecular weight excluding hydrogens is 360 g/mol. The fraction of sp³-hybridized carbons (Fsp3) is 0.364. The first kappa shape index (κ1) is 18.1. The molecule has 1 N–H and O–H groups in total. The lowest BCUT2D eigenvalue weighted by molar-refractivity contribution is -0.119. The zero-order valence-electron chi connectivity index (χ0n) is 15.2. The van der Waals surface area contributed by atoms with Gasteiger partial charge >= 0.3 is 0 Å². The van der Waals surface area contributed by atoms with E-state index in [1.165, 1.54) is 0 Å². The van der Waals surface area contributed by atoms with Crippen molar-refractivity contribution in [3.8, 4) is 0 Å².